The Morgan fingerprint density at radius 2 is 1.61 bits per heavy atom. The summed E-state index contributed by atoms with van der Waals surface area (Å²) in [5.41, 5.74) is 3.52. The highest BCUT2D eigenvalue weighted by molar-refractivity contribution is 9.11. The number of benzene rings is 3. The molecule has 0 unspecified atom stereocenters. The molecule has 0 saturated carbocycles. The van der Waals surface area contributed by atoms with Crippen molar-refractivity contribution in [2.45, 2.75) is 0 Å². The van der Waals surface area contributed by atoms with Gasteiger partial charge >= 0.3 is 0 Å². The first-order valence-corrected chi connectivity index (χ1v) is 11.0. The number of hydrazone groups is 1. The Bertz CT molecular complexity index is 1210. The van der Waals surface area contributed by atoms with E-state index in [2.05, 4.69) is 42.9 Å². The predicted molar refractivity (Wildman–Crippen MR) is 131 cm³/mol. The number of halogens is 2. The van der Waals surface area contributed by atoms with E-state index in [0.29, 0.717) is 22.7 Å². The number of hydrogen-bond acceptors (Lipinski definition) is 3. The van der Waals surface area contributed by atoms with Gasteiger partial charge in [-0.2, -0.15) is 10.1 Å². The molecular weight excluding hydrogens is 520 g/mol. The fourth-order valence-electron chi connectivity index (χ4n) is 3.18. The van der Waals surface area contributed by atoms with E-state index in [1.807, 2.05) is 78.9 Å². The second kappa shape index (κ2) is 9.34. The van der Waals surface area contributed by atoms with Crippen molar-refractivity contribution in [3.63, 3.8) is 0 Å². The number of amides is 1. The molecule has 1 aliphatic rings. The van der Waals surface area contributed by atoms with Crippen LogP contribution >= 0.6 is 31.9 Å². The molecule has 31 heavy (non-hydrogen) atoms. The predicted octanol–water partition coefficient (Wildman–Crippen LogP) is 6.06. The molecule has 1 amide bonds. The van der Waals surface area contributed by atoms with Crippen LogP contribution in [0.4, 0.5) is 5.69 Å². The van der Waals surface area contributed by atoms with Gasteiger partial charge in [0.25, 0.3) is 5.91 Å². The van der Waals surface area contributed by atoms with Crippen molar-refractivity contribution in [2.24, 2.45) is 5.10 Å². The molecule has 0 bridgehead atoms. The van der Waals surface area contributed by atoms with Crippen LogP contribution in [0.25, 0.3) is 6.08 Å². The van der Waals surface area contributed by atoms with Gasteiger partial charge in [0, 0.05) is 5.56 Å². The van der Waals surface area contributed by atoms with Crippen LogP contribution in [-0.2, 0) is 4.79 Å². The molecule has 4 nitrogen and oxygen atoms in total. The molecule has 0 aromatic heterocycles. The van der Waals surface area contributed by atoms with Crippen LogP contribution in [0.1, 0.15) is 11.1 Å². The Kier molecular flexibility index (Phi) is 6.36. The summed E-state index contributed by atoms with van der Waals surface area (Å²) in [6, 6.07) is 22.8. The molecule has 1 heterocycles. The lowest BCUT2D eigenvalue weighted by Crippen LogP contribution is -2.21. The number of ether oxygens (including phenoxy) is 1. The minimum absolute atomic E-state index is 0.160. The SMILES string of the molecule is C#CCOc1c(Br)cc(/C=C2\C(=O)N(c3ccccc3)N=C2c2ccccc2)cc1Br. The van der Waals surface area contributed by atoms with Gasteiger partial charge in [-0.1, -0.05) is 54.5 Å². The molecule has 4 rings (SSSR count). The van der Waals surface area contributed by atoms with E-state index in [4.69, 9.17) is 11.2 Å². The average Bonchev–Trinajstić information content (AvgIpc) is 3.10. The summed E-state index contributed by atoms with van der Waals surface area (Å²) < 4.78 is 7.04. The van der Waals surface area contributed by atoms with Gasteiger partial charge in [0.05, 0.1) is 20.2 Å². The third kappa shape index (κ3) is 4.48. The number of nitrogens with zero attached hydrogens (tertiary/aromatic N) is 2. The third-order valence-corrected chi connectivity index (χ3v) is 5.74. The Labute approximate surface area is 197 Å². The standard InChI is InChI=1S/C25H16Br2N2O2/c1-2-13-31-24-21(26)15-17(16-22(24)27)14-20-23(18-9-5-3-6-10-18)28-29(25(20)30)19-11-7-4-8-12-19/h1,3-12,14-16H,13H2/b20-14-. The number of hydrogen-bond donors (Lipinski definition) is 0. The fourth-order valence-corrected chi connectivity index (χ4v) is 4.63. The average molecular weight is 536 g/mol. The quantitative estimate of drug-likeness (QED) is 0.294. The molecular formula is C25H16Br2N2O2. The Balaban J connectivity index is 1.79. The van der Waals surface area contributed by atoms with Crippen LogP contribution in [-0.4, -0.2) is 18.2 Å². The van der Waals surface area contributed by atoms with Crippen molar-refractivity contribution in [2.75, 3.05) is 11.6 Å². The largest absolute Gasteiger partial charge is 0.479 e. The summed E-state index contributed by atoms with van der Waals surface area (Å²) in [6.45, 7) is 0.160. The molecule has 1 aliphatic heterocycles. The fraction of sp³-hybridized carbons (Fsp3) is 0.0400. The maximum atomic E-state index is 13.3. The number of anilines is 1. The van der Waals surface area contributed by atoms with Crippen LogP contribution < -0.4 is 9.75 Å². The van der Waals surface area contributed by atoms with Gasteiger partial charge in [-0.15, -0.1) is 6.42 Å². The number of terminal acetylenes is 1. The Morgan fingerprint density at radius 1 is 1.00 bits per heavy atom. The van der Waals surface area contributed by atoms with Crippen molar-refractivity contribution in [3.05, 3.63) is 98.4 Å². The third-order valence-electron chi connectivity index (χ3n) is 4.56. The lowest BCUT2D eigenvalue weighted by atomic mass is 10.0. The highest BCUT2D eigenvalue weighted by Crippen LogP contribution is 2.36. The molecule has 0 fully saturated rings. The number of carbonyl (C=O) groups excluding carboxylic acids is 1. The first-order valence-electron chi connectivity index (χ1n) is 9.39. The summed E-state index contributed by atoms with van der Waals surface area (Å²) in [5, 5.41) is 6.09. The van der Waals surface area contributed by atoms with Gasteiger partial charge in [-0.25, -0.2) is 0 Å². The molecule has 0 radical (unpaired) electrons. The molecule has 3 aromatic carbocycles. The van der Waals surface area contributed by atoms with E-state index >= 15 is 0 Å². The summed E-state index contributed by atoms with van der Waals surface area (Å²) in [4.78, 5) is 13.3. The van der Waals surface area contributed by atoms with Crippen molar-refractivity contribution in [1.82, 2.24) is 0 Å². The zero-order valence-electron chi connectivity index (χ0n) is 16.3. The second-order valence-electron chi connectivity index (χ2n) is 6.63. The van der Waals surface area contributed by atoms with Gasteiger partial charge < -0.3 is 4.74 Å². The summed E-state index contributed by atoms with van der Waals surface area (Å²) >= 11 is 7.05. The molecule has 0 N–H and O–H groups in total. The molecule has 0 saturated heterocycles. The zero-order valence-corrected chi connectivity index (χ0v) is 19.4. The number of rotatable bonds is 5. The van der Waals surface area contributed by atoms with Gasteiger partial charge in [0.2, 0.25) is 0 Å². The monoisotopic (exact) mass is 534 g/mol. The van der Waals surface area contributed by atoms with E-state index in [-0.39, 0.29) is 12.5 Å². The van der Waals surface area contributed by atoms with Crippen molar-refractivity contribution >= 4 is 55.2 Å². The lowest BCUT2D eigenvalue weighted by molar-refractivity contribution is -0.114. The normalized spacial score (nSPS) is 14.5. The molecule has 0 spiro atoms. The van der Waals surface area contributed by atoms with Crippen molar-refractivity contribution in [3.8, 4) is 18.1 Å². The summed E-state index contributed by atoms with van der Waals surface area (Å²) in [5.74, 6) is 2.87. The van der Waals surface area contributed by atoms with E-state index in [9.17, 15) is 4.79 Å². The maximum absolute atomic E-state index is 13.3. The van der Waals surface area contributed by atoms with Crippen LogP contribution in [0.5, 0.6) is 5.75 Å². The maximum Gasteiger partial charge on any atom is 0.281 e. The highest BCUT2D eigenvalue weighted by atomic mass is 79.9. The first-order chi connectivity index (χ1) is 15.1. The minimum atomic E-state index is -0.190. The minimum Gasteiger partial charge on any atom is -0.479 e. The Hall–Kier alpha value is -3.14. The van der Waals surface area contributed by atoms with Crippen molar-refractivity contribution < 1.29 is 9.53 Å². The van der Waals surface area contributed by atoms with Gasteiger partial charge in [-0.3, -0.25) is 4.79 Å². The lowest BCUT2D eigenvalue weighted by Gasteiger charge is -2.11. The van der Waals surface area contributed by atoms with Crippen LogP contribution in [0.2, 0.25) is 0 Å². The van der Waals surface area contributed by atoms with E-state index in [1.54, 1.807) is 0 Å². The summed E-state index contributed by atoms with van der Waals surface area (Å²) in [6.07, 6.45) is 7.12. The highest BCUT2D eigenvalue weighted by Gasteiger charge is 2.32. The zero-order chi connectivity index (χ0) is 21.8. The molecule has 6 heteroatoms. The number of para-hydroxylation sites is 1. The smallest absolute Gasteiger partial charge is 0.281 e. The van der Waals surface area contributed by atoms with Crippen molar-refractivity contribution in [1.29, 1.82) is 0 Å². The van der Waals surface area contributed by atoms with E-state index in [0.717, 1.165) is 20.1 Å². The molecule has 0 aliphatic carbocycles. The van der Waals surface area contributed by atoms with Crippen LogP contribution in [0.3, 0.4) is 0 Å². The topological polar surface area (TPSA) is 41.9 Å². The Morgan fingerprint density at radius 3 is 2.23 bits per heavy atom. The van der Waals surface area contributed by atoms with Gasteiger partial charge in [0.15, 0.2) is 0 Å². The summed E-state index contributed by atoms with van der Waals surface area (Å²) in [7, 11) is 0. The van der Waals surface area contributed by atoms with Gasteiger partial charge in [-0.05, 0) is 67.8 Å². The number of carbonyl (C=O) groups is 1. The first kappa shape index (κ1) is 21.1. The van der Waals surface area contributed by atoms with Gasteiger partial charge in [0.1, 0.15) is 18.1 Å². The van der Waals surface area contributed by atoms with E-state index < -0.39 is 0 Å². The molecule has 152 valence electrons. The van der Waals surface area contributed by atoms with E-state index in [1.165, 1.54) is 5.01 Å². The molecule has 3 aromatic rings. The van der Waals surface area contributed by atoms with Crippen LogP contribution in [0.15, 0.2) is 92.4 Å². The van der Waals surface area contributed by atoms with Crippen LogP contribution in [0, 0.1) is 12.3 Å². The molecule has 0 atom stereocenters. The second-order valence-corrected chi connectivity index (χ2v) is 8.34.